The van der Waals surface area contributed by atoms with E-state index in [-0.39, 0.29) is 6.17 Å². The first kappa shape index (κ1) is 10.4. The lowest BCUT2D eigenvalue weighted by Gasteiger charge is -2.26. The Labute approximate surface area is 93.3 Å². The van der Waals surface area contributed by atoms with Gasteiger partial charge in [0.15, 0.2) is 5.69 Å². The molecule has 1 aliphatic rings. The molecule has 80 valence electrons. The fourth-order valence-electron chi connectivity index (χ4n) is 1.93. The molecule has 0 spiro atoms. The van der Waals surface area contributed by atoms with E-state index in [4.69, 9.17) is 11.3 Å². The van der Waals surface area contributed by atoms with Crippen LogP contribution in [-0.2, 0) is 0 Å². The minimum Gasteiger partial charge on any atom is -0.473 e. The van der Waals surface area contributed by atoms with Gasteiger partial charge in [0.2, 0.25) is 0 Å². The minimum atomic E-state index is -0.239. The molecule has 2 rings (SSSR count). The van der Waals surface area contributed by atoms with Gasteiger partial charge in [0.05, 0.1) is 7.11 Å². The number of fused-ring (bicyclic) bond motifs is 1. The molecule has 2 heterocycles. The van der Waals surface area contributed by atoms with Gasteiger partial charge in [-0.1, -0.05) is 18.3 Å². The van der Waals surface area contributed by atoms with Crippen molar-refractivity contribution < 1.29 is 4.74 Å². The third-order valence-corrected chi connectivity index (χ3v) is 3.89. The second-order valence-electron chi connectivity index (χ2n) is 3.78. The highest BCUT2D eigenvalue weighted by Crippen LogP contribution is 2.41. The van der Waals surface area contributed by atoms with E-state index in [1.54, 1.807) is 18.4 Å². The number of hydrogen-bond acceptors (Lipinski definition) is 4. The molecular weight excluding hydrogens is 210 g/mol. The molecule has 2 unspecified atom stereocenters. The molecule has 0 saturated carbocycles. The Morgan fingerprint density at radius 1 is 1.67 bits per heavy atom. The predicted molar refractivity (Wildman–Crippen MR) is 59.1 cm³/mol. The van der Waals surface area contributed by atoms with Crippen molar-refractivity contribution in [2.45, 2.75) is 19.0 Å². The van der Waals surface area contributed by atoms with Gasteiger partial charge in [-0.05, 0) is 7.05 Å². The second-order valence-corrected chi connectivity index (χ2v) is 4.77. The van der Waals surface area contributed by atoms with Crippen LogP contribution in [0.3, 0.4) is 0 Å². The van der Waals surface area contributed by atoms with Gasteiger partial charge in [-0.2, -0.15) is 4.98 Å². The van der Waals surface area contributed by atoms with Gasteiger partial charge in [0.1, 0.15) is 0 Å². The van der Waals surface area contributed by atoms with E-state index in [1.165, 1.54) is 4.88 Å². The summed E-state index contributed by atoms with van der Waals surface area (Å²) in [5.74, 6) is 0.435. The summed E-state index contributed by atoms with van der Waals surface area (Å²) in [7, 11) is 3.58. The number of rotatable bonds is 1. The average Bonchev–Trinajstić information content (AvgIpc) is 2.62. The first-order chi connectivity index (χ1) is 7.17. The van der Waals surface area contributed by atoms with Crippen LogP contribution in [0.2, 0.25) is 0 Å². The number of thiazole rings is 1. The molecule has 0 saturated heterocycles. The van der Waals surface area contributed by atoms with E-state index < -0.39 is 0 Å². The Morgan fingerprint density at radius 3 is 3.00 bits per heavy atom. The zero-order chi connectivity index (χ0) is 11.0. The fourth-order valence-corrected chi connectivity index (χ4v) is 2.88. The van der Waals surface area contributed by atoms with Gasteiger partial charge < -0.3 is 4.74 Å². The summed E-state index contributed by atoms with van der Waals surface area (Å²) in [6.07, 6.45) is -0.239. The van der Waals surface area contributed by atoms with Crippen molar-refractivity contribution in [1.82, 2.24) is 9.88 Å². The molecule has 1 aromatic rings. The van der Waals surface area contributed by atoms with Crippen molar-refractivity contribution in [2.24, 2.45) is 0 Å². The molecule has 0 N–H and O–H groups in total. The molecule has 0 bridgehead atoms. The van der Waals surface area contributed by atoms with Crippen LogP contribution in [0, 0.1) is 6.57 Å². The zero-order valence-electron chi connectivity index (χ0n) is 9.02. The molecule has 2 atom stereocenters. The van der Waals surface area contributed by atoms with Gasteiger partial charge in [-0.15, -0.1) is 0 Å². The number of likely N-dealkylation sites (N-methyl/N-ethyl adjacent to an activating group) is 1. The lowest BCUT2D eigenvalue weighted by molar-refractivity contribution is 0.246. The second kappa shape index (κ2) is 3.80. The Bertz CT molecular complexity index is 409. The topological polar surface area (TPSA) is 29.7 Å². The quantitative estimate of drug-likeness (QED) is 0.683. The van der Waals surface area contributed by atoms with Crippen molar-refractivity contribution in [1.29, 1.82) is 0 Å². The van der Waals surface area contributed by atoms with Crippen LogP contribution < -0.4 is 4.74 Å². The first-order valence-electron chi connectivity index (χ1n) is 4.78. The van der Waals surface area contributed by atoms with Crippen LogP contribution in [-0.4, -0.2) is 30.6 Å². The molecule has 1 aliphatic heterocycles. The Kier molecular flexibility index (Phi) is 2.63. The van der Waals surface area contributed by atoms with E-state index in [0.717, 1.165) is 12.2 Å². The van der Waals surface area contributed by atoms with Crippen LogP contribution in [0.1, 0.15) is 29.6 Å². The number of aromatic nitrogens is 1. The average molecular weight is 223 g/mol. The van der Waals surface area contributed by atoms with Gasteiger partial charge >= 0.3 is 6.17 Å². The molecule has 1 aromatic heterocycles. The fraction of sp³-hybridized carbons (Fsp3) is 0.600. The first-order valence-corrected chi connectivity index (χ1v) is 5.60. The van der Waals surface area contributed by atoms with Crippen molar-refractivity contribution in [2.75, 3.05) is 20.7 Å². The maximum Gasteiger partial charge on any atom is 0.323 e. The highest BCUT2D eigenvalue weighted by molar-refractivity contribution is 7.13. The molecule has 15 heavy (non-hydrogen) atoms. The molecule has 0 amide bonds. The van der Waals surface area contributed by atoms with Crippen LogP contribution in [0.5, 0.6) is 5.19 Å². The van der Waals surface area contributed by atoms with E-state index in [2.05, 4.69) is 16.8 Å². The van der Waals surface area contributed by atoms with Crippen LogP contribution in [0.4, 0.5) is 0 Å². The molecule has 4 nitrogen and oxygen atoms in total. The maximum atomic E-state index is 7.20. The number of methoxy groups -OCH3 is 1. The summed E-state index contributed by atoms with van der Waals surface area (Å²) >= 11 is 1.56. The molecule has 5 heteroatoms. The Hall–Kier alpha value is -1.12. The van der Waals surface area contributed by atoms with E-state index in [1.807, 2.05) is 11.9 Å². The standard InChI is InChI=1S/C10H13N3OS/c1-6-5-13(3)9(11-2)7-8(6)15-10(12-7)14-4/h6,9H,5H2,1,3-4H3. The van der Waals surface area contributed by atoms with Crippen molar-refractivity contribution in [3.05, 3.63) is 22.0 Å². The number of nitrogens with zero attached hydrogens (tertiary/aromatic N) is 3. The van der Waals surface area contributed by atoms with Crippen LogP contribution in [0.25, 0.3) is 4.85 Å². The number of hydrogen-bond donors (Lipinski definition) is 0. The molecule has 0 radical (unpaired) electrons. The van der Waals surface area contributed by atoms with Crippen molar-refractivity contribution in [3.8, 4) is 5.19 Å². The van der Waals surface area contributed by atoms with E-state index >= 15 is 0 Å². The SMILES string of the molecule is [C-]#[N+]C1c2nc(OC)sc2C(C)CN1C. The highest BCUT2D eigenvalue weighted by Gasteiger charge is 2.36. The third-order valence-electron chi connectivity index (χ3n) is 2.63. The lowest BCUT2D eigenvalue weighted by Crippen LogP contribution is -2.31. The summed E-state index contributed by atoms with van der Waals surface area (Å²) in [5, 5.41) is 0.663. The summed E-state index contributed by atoms with van der Waals surface area (Å²) in [6.45, 7) is 10.3. The summed E-state index contributed by atoms with van der Waals surface area (Å²) in [4.78, 5) is 11.2. The summed E-state index contributed by atoms with van der Waals surface area (Å²) in [5.41, 5.74) is 0.883. The Balaban J connectivity index is 2.48. The zero-order valence-corrected chi connectivity index (χ0v) is 9.84. The normalized spacial score (nSPS) is 25.7. The molecule has 0 aliphatic carbocycles. The Morgan fingerprint density at radius 2 is 2.40 bits per heavy atom. The van der Waals surface area contributed by atoms with E-state index in [9.17, 15) is 0 Å². The lowest BCUT2D eigenvalue weighted by atomic mass is 10.0. The van der Waals surface area contributed by atoms with Gasteiger partial charge in [-0.25, -0.2) is 11.5 Å². The monoisotopic (exact) mass is 223 g/mol. The maximum absolute atomic E-state index is 7.20. The number of ether oxygens (including phenoxy) is 1. The third kappa shape index (κ3) is 1.60. The van der Waals surface area contributed by atoms with Gasteiger partial charge in [0.25, 0.3) is 5.19 Å². The molecule has 0 fully saturated rings. The minimum absolute atomic E-state index is 0.239. The largest absolute Gasteiger partial charge is 0.473 e. The molecule has 0 aromatic carbocycles. The summed E-state index contributed by atoms with van der Waals surface area (Å²) in [6, 6.07) is 0. The van der Waals surface area contributed by atoms with E-state index in [0.29, 0.717) is 11.1 Å². The van der Waals surface area contributed by atoms with Gasteiger partial charge in [-0.3, -0.25) is 4.85 Å². The van der Waals surface area contributed by atoms with Crippen molar-refractivity contribution >= 4 is 11.3 Å². The smallest absolute Gasteiger partial charge is 0.323 e. The van der Waals surface area contributed by atoms with Crippen LogP contribution in [0.15, 0.2) is 0 Å². The van der Waals surface area contributed by atoms with Crippen LogP contribution >= 0.6 is 11.3 Å². The van der Waals surface area contributed by atoms with Crippen molar-refractivity contribution in [3.63, 3.8) is 0 Å². The predicted octanol–water partition coefficient (Wildman–Crippen LogP) is 2.12. The summed E-state index contributed by atoms with van der Waals surface area (Å²) < 4.78 is 5.13. The van der Waals surface area contributed by atoms with Gasteiger partial charge in [0, 0.05) is 17.3 Å². The highest BCUT2D eigenvalue weighted by atomic mass is 32.1. The molecular formula is C10H13N3OS.